The number of nitro groups is 1. The quantitative estimate of drug-likeness (QED) is 0.541. The van der Waals surface area contributed by atoms with Crippen LogP contribution in [0.4, 0.5) is 11.4 Å². The van der Waals surface area contributed by atoms with Crippen LogP contribution in [0.1, 0.15) is 23.5 Å². The average molecular weight is 422 g/mol. The van der Waals surface area contributed by atoms with Crippen molar-refractivity contribution in [1.29, 1.82) is 5.26 Å². The van der Waals surface area contributed by atoms with E-state index in [2.05, 4.69) is 16.7 Å². The average Bonchev–Trinajstić information content (AvgIpc) is 2.72. The molecule has 0 unspecified atom stereocenters. The Bertz CT molecular complexity index is 1070. The van der Waals surface area contributed by atoms with E-state index < -0.39 is 4.92 Å². The van der Waals surface area contributed by atoms with Crippen molar-refractivity contribution < 1.29 is 14.5 Å². The SMILES string of the molecule is Cc1ccccc1[C@H]1CC(=O)NC(SCC(=O)Nc2ccc([N+](=O)[O-])cc2)=C1C#N. The van der Waals surface area contributed by atoms with Gasteiger partial charge in [0.15, 0.2) is 0 Å². The molecule has 0 bridgehead atoms. The topological polar surface area (TPSA) is 125 Å². The molecule has 1 heterocycles. The van der Waals surface area contributed by atoms with E-state index in [-0.39, 0.29) is 35.6 Å². The van der Waals surface area contributed by atoms with Crippen molar-refractivity contribution in [3.63, 3.8) is 0 Å². The Kier molecular flexibility index (Phi) is 6.49. The fourth-order valence-electron chi connectivity index (χ4n) is 3.18. The molecule has 9 heteroatoms. The van der Waals surface area contributed by atoms with Crippen LogP contribution in [-0.2, 0) is 9.59 Å². The third-order valence-corrected chi connectivity index (χ3v) is 5.65. The van der Waals surface area contributed by atoms with E-state index in [1.165, 1.54) is 24.3 Å². The summed E-state index contributed by atoms with van der Waals surface area (Å²) in [6.07, 6.45) is 0.173. The maximum Gasteiger partial charge on any atom is 0.269 e. The lowest BCUT2D eigenvalue weighted by Crippen LogP contribution is -2.31. The maximum atomic E-state index is 12.3. The number of carbonyl (C=O) groups is 2. The number of nitro benzene ring substituents is 1. The number of hydrogen-bond acceptors (Lipinski definition) is 6. The van der Waals surface area contributed by atoms with Crippen LogP contribution >= 0.6 is 11.8 Å². The van der Waals surface area contributed by atoms with E-state index in [1.807, 2.05) is 31.2 Å². The molecule has 2 amide bonds. The van der Waals surface area contributed by atoms with Gasteiger partial charge < -0.3 is 10.6 Å². The highest BCUT2D eigenvalue weighted by Crippen LogP contribution is 2.37. The standard InChI is InChI=1S/C21H18N4O4S/c1-13-4-2-3-5-16(13)17-10-19(26)24-21(18(17)11-22)30-12-20(27)23-14-6-8-15(9-7-14)25(28)29/h2-9,17H,10,12H2,1H3,(H,23,27)(H,24,26)/t17-/m1/s1. The van der Waals surface area contributed by atoms with Gasteiger partial charge in [0.05, 0.1) is 27.3 Å². The summed E-state index contributed by atoms with van der Waals surface area (Å²) in [6, 6.07) is 15.3. The predicted octanol–water partition coefficient (Wildman–Crippen LogP) is 3.61. The van der Waals surface area contributed by atoms with Crippen LogP contribution in [0.2, 0.25) is 0 Å². The predicted molar refractivity (Wildman–Crippen MR) is 114 cm³/mol. The highest BCUT2D eigenvalue weighted by molar-refractivity contribution is 8.03. The third-order valence-electron chi connectivity index (χ3n) is 4.63. The molecule has 2 N–H and O–H groups in total. The lowest BCUT2D eigenvalue weighted by Gasteiger charge is -2.26. The van der Waals surface area contributed by atoms with Gasteiger partial charge in [-0.1, -0.05) is 36.0 Å². The molecule has 2 aromatic rings. The summed E-state index contributed by atoms with van der Waals surface area (Å²) < 4.78 is 0. The van der Waals surface area contributed by atoms with Crippen molar-refractivity contribution in [3.8, 4) is 6.07 Å². The second-order valence-corrected chi connectivity index (χ2v) is 7.64. The van der Waals surface area contributed by atoms with E-state index in [4.69, 9.17) is 0 Å². The summed E-state index contributed by atoms with van der Waals surface area (Å²) in [5, 5.41) is 26.1. The number of carbonyl (C=O) groups excluding carboxylic acids is 2. The van der Waals surface area contributed by atoms with Crippen molar-refractivity contribution in [3.05, 3.63) is 80.4 Å². The van der Waals surface area contributed by atoms with Gasteiger partial charge in [-0.3, -0.25) is 19.7 Å². The first kappa shape index (κ1) is 21.1. The first-order valence-electron chi connectivity index (χ1n) is 9.05. The highest BCUT2D eigenvalue weighted by Gasteiger charge is 2.30. The number of aryl methyl sites for hydroxylation is 1. The maximum absolute atomic E-state index is 12.3. The Hall–Kier alpha value is -3.64. The largest absolute Gasteiger partial charge is 0.325 e. The summed E-state index contributed by atoms with van der Waals surface area (Å²) in [5.74, 6) is -0.949. The second-order valence-electron chi connectivity index (χ2n) is 6.66. The van der Waals surface area contributed by atoms with E-state index in [0.717, 1.165) is 22.9 Å². The molecule has 1 aliphatic rings. The number of amides is 2. The van der Waals surface area contributed by atoms with Crippen molar-refractivity contribution in [1.82, 2.24) is 5.32 Å². The van der Waals surface area contributed by atoms with Crippen molar-refractivity contribution in [2.75, 3.05) is 11.1 Å². The summed E-state index contributed by atoms with van der Waals surface area (Å²) in [5.41, 5.74) is 2.68. The van der Waals surface area contributed by atoms with Crippen molar-refractivity contribution in [2.45, 2.75) is 19.3 Å². The summed E-state index contributed by atoms with van der Waals surface area (Å²) in [6.45, 7) is 1.93. The van der Waals surface area contributed by atoms with Gasteiger partial charge in [0.25, 0.3) is 5.69 Å². The minimum atomic E-state index is -0.520. The van der Waals surface area contributed by atoms with Crippen LogP contribution < -0.4 is 10.6 Å². The smallest absolute Gasteiger partial charge is 0.269 e. The first-order chi connectivity index (χ1) is 14.4. The van der Waals surface area contributed by atoms with Crippen LogP contribution in [-0.4, -0.2) is 22.5 Å². The van der Waals surface area contributed by atoms with E-state index in [9.17, 15) is 25.0 Å². The first-order valence-corrected chi connectivity index (χ1v) is 10.0. The number of anilines is 1. The normalized spacial score (nSPS) is 15.9. The molecule has 0 saturated carbocycles. The number of rotatable bonds is 6. The molecular formula is C21H18N4O4S. The van der Waals surface area contributed by atoms with Gasteiger partial charge in [-0.15, -0.1) is 0 Å². The number of thioether (sulfide) groups is 1. The molecule has 0 fully saturated rings. The lowest BCUT2D eigenvalue weighted by molar-refractivity contribution is -0.384. The minimum absolute atomic E-state index is 0.0295. The zero-order valence-corrected chi connectivity index (χ0v) is 16.9. The van der Waals surface area contributed by atoms with Gasteiger partial charge in [-0.2, -0.15) is 5.26 Å². The molecule has 0 aliphatic carbocycles. The lowest BCUT2D eigenvalue weighted by atomic mass is 9.85. The number of nitriles is 1. The van der Waals surface area contributed by atoms with Crippen LogP contribution in [0.15, 0.2) is 59.1 Å². The molecule has 0 aromatic heterocycles. The van der Waals surface area contributed by atoms with Crippen molar-refractivity contribution >= 4 is 35.0 Å². The fourth-order valence-corrected chi connectivity index (χ4v) is 4.05. The number of benzene rings is 2. The second kappa shape index (κ2) is 9.24. The van der Waals surface area contributed by atoms with Gasteiger partial charge in [0.2, 0.25) is 11.8 Å². The molecule has 0 radical (unpaired) electrons. The van der Waals surface area contributed by atoms with Gasteiger partial charge >= 0.3 is 0 Å². The van der Waals surface area contributed by atoms with Crippen LogP contribution in [0.3, 0.4) is 0 Å². The van der Waals surface area contributed by atoms with Gasteiger partial charge in [0.1, 0.15) is 0 Å². The Morgan fingerprint density at radius 2 is 2.00 bits per heavy atom. The molecule has 30 heavy (non-hydrogen) atoms. The number of allylic oxidation sites excluding steroid dienone is 1. The highest BCUT2D eigenvalue weighted by atomic mass is 32.2. The number of nitrogens with zero attached hydrogens (tertiary/aromatic N) is 2. The molecule has 3 rings (SSSR count). The molecule has 2 aromatic carbocycles. The van der Waals surface area contributed by atoms with E-state index in [0.29, 0.717) is 16.3 Å². The summed E-state index contributed by atoms with van der Waals surface area (Å²) in [4.78, 5) is 34.7. The van der Waals surface area contributed by atoms with Gasteiger partial charge in [-0.05, 0) is 30.2 Å². The molecular weight excluding hydrogens is 404 g/mol. The van der Waals surface area contributed by atoms with Gasteiger partial charge in [-0.25, -0.2) is 0 Å². The minimum Gasteiger partial charge on any atom is -0.325 e. The molecule has 152 valence electrons. The number of nitrogens with one attached hydrogen (secondary N) is 2. The molecule has 1 atom stereocenters. The molecule has 8 nitrogen and oxygen atoms in total. The number of hydrogen-bond donors (Lipinski definition) is 2. The monoisotopic (exact) mass is 422 g/mol. The Morgan fingerprint density at radius 3 is 2.63 bits per heavy atom. The van der Waals surface area contributed by atoms with E-state index >= 15 is 0 Å². The molecule has 1 aliphatic heterocycles. The Balaban J connectivity index is 1.73. The summed E-state index contributed by atoms with van der Waals surface area (Å²) in [7, 11) is 0. The Morgan fingerprint density at radius 1 is 1.30 bits per heavy atom. The Labute approximate surface area is 177 Å². The van der Waals surface area contributed by atoms with Crippen LogP contribution in [0.25, 0.3) is 0 Å². The van der Waals surface area contributed by atoms with E-state index in [1.54, 1.807) is 0 Å². The molecule has 0 spiro atoms. The van der Waals surface area contributed by atoms with Gasteiger partial charge in [0, 0.05) is 30.2 Å². The molecule has 0 saturated heterocycles. The van der Waals surface area contributed by atoms with Crippen molar-refractivity contribution in [2.24, 2.45) is 0 Å². The zero-order valence-electron chi connectivity index (χ0n) is 16.0. The third kappa shape index (κ3) is 4.85. The summed E-state index contributed by atoms with van der Waals surface area (Å²) >= 11 is 1.08. The van der Waals surface area contributed by atoms with Crippen LogP contribution in [0, 0.1) is 28.4 Å². The zero-order chi connectivity index (χ0) is 21.7. The van der Waals surface area contributed by atoms with Crippen LogP contribution in [0.5, 0.6) is 0 Å². The fraction of sp³-hybridized carbons (Fsp3) is 0.190. The number of non-ortho nitro benzene ring substituents is 1.